The monoisotopic (exact) mass is 614 g/mol. The second-order valence-corrected chi connectivity index (χ2v) is 10.8. The van der Waals surface area contributed by atoms with Gasteiger partial charge in [-0.2, -0.15) is 13.8 Å². The van der Waals surface area contributed by atoms with Crippen LogP contribution in [-0.2, 0) is 31.7 Å². The Morgan fingerprint density at radius 3 is 2.51 bits per heavy atom. The average molecular weight is 614 g/mol. The van der Waals surface area contributed by atoms with Gasteiger partial charge >= 0.3 is 3.93 Å². The molecule has 1 amide bonds. The van der Waals surface area contributed by atoms with E-state index in [0.29, 0.717) is 17.8 Å². The van der Waals surface area contributed by atoms with E-state index in [0.717, 1.165) is 46.3 Å². The minimum Gasteiger partial charge on any atom is -0.366 e. The van der Waals surface area contributed by atoms with Crippen molar-refractivity contribution in [2.24, 2.45) is 5.14 Å². The molecule has 0 fully saturated rings. The highest BCUT2D eigenvalue weighted by Crippen LogP contribution is 2.36. The maximum Gasteiger partial charge on any atom is 0.338 e. The SMILES string of the molecule is CC(=O)N1CCc2ccc(Nc3nc(NCc4ccc(S(N)(=O)=O)cc4)cc(C(F)(F)I)n3)cc21. The van der Waals surface area contributed by atoms with Crippen molar-refractivity contribution in [2.75, 3.05) is 22.1 Å². The maximum atomic E-state index is 14.1. The molecule has 9 nitrogen and oxygen atoms in total. The average Bonchev–Trinajstić information content (AvgIpc) is 3.20. The van der Waals surface area contributed by atoms with E-state index in [2.05, 4.69) is 20.6 Å². The molecule has 2 heterocycles. The molecule has 0 aliphatic carbocycles. The van der Waals surface area contributed by atoms with Gasteiger partial charge in [0.25, 0.3) is 0 Å². The highest BCUT2D eigenvalue weighted by atomic mass is 127. The number of benzene rings is 2. The van der Waals surface area contributed by atoms with Crippen LogP contribution in [0, 0.1) is 0 Å². The van der Waals surface area contributed by atoms with Crippen LogP contribution in [0.1, 0.15) is 23.7 Å². The molecule has 1 aliphatic heterocycles. The molecular formula is C22H21F2IN6O3S. The van der Waals surface area contributed by atoms with E-state index >= 15 is 0 Å². The third-order valence-electron chi connectivity index (χ3n) is 5.36. The van der Waals surface area contributed by atoms with Gasteiger partial charge in [-0.25, -0.2) is 18.5 Å². The predicted molar refractivity (Wildman–Crippen MR) is 137 cm³/mol. The summed E-state index contributed by atoms with van der Waals surface area (Å²) in [6.07, 6.45) is 0.745. The largest absolute Gasteiger partial charge is 0.366 e. The van der Waals surface area contributed by atoms with Crippen LogP contribution < -0.4 is 20.7 Å². The number of halogens is 3. The second-order valence-electron chi connectivity index (χ2n) is 7.89. The normalized spacial score (nSPS) is 13.5. The van der Waals surface area contributed by atoms with Crippen molar-refractivity contribution in [1.29, 1.82) is 0 Å². The number of aromatic nitrogens is 2. The Bertz CT molecular complexity index is 1380. The van der Waals surface area contributed by atoms with E-state index < -0.39 is 19.6 Å². The molecule has 2 aromatic carbocycles. The van der Waals surface area contributed by atoms with E-state index in [1.165, 1.54) is 19.1 Å². The quantitative estimate of drug-likeness (QED) is 0.272. The van der Waals surface area contributed by atoms with E-state index in [4.69, 9.17) is 5.14 Å². The predicted octanol–water partition coefficient (Wildman–Crippen LogP) is 3.87. The Kier molecular flexibility index (Phi) is 6.92. The van der Waals surface area contributed by atoms with Gasteiger partial charge in [-0.05, 0) is 41.8 Å². The summed E-state index contributed by atoms with van der Waals surface area (Å²) >= 11 is 0.999. The first-order valence-electron chi connectivity index (χ1n) is 10.4. The molecule has 0 saturated heterocycles. The van der Waals surface area contributed by atoms with Gasteiger partial charge in [-0.1, -0.05) is 18.2 Å². The summed E-state index contributed by atoms with van der Waals surface area (Å²) in [5, 5.41) is 11.0. The molecule has 35 heavy (non-hydrogen) atoms. The molecule has 1 aromatic heterocycles. The number of nitrogens with one attached hydrogen (secondary N) is 2. The standard InChI is InChI=1S/C22H21F2IN6O3S/c1-13(32)31-9-8-15-4-5-16(10-18(15)31)28-21-29-19(22(23,24)25)11-20(30-21)27-12-14-2-6-17(7-3-14)35(26,33)34/h2-7,10-11H,8-9,12H2,1H3,(H2,26,33,34)(H2,27,28,29,30). The van der Waals surface area contributed by atoms with E-state index in [1.807, 2.05) is 6.07 Å². The van der Waals surface area contributed by atoms with Crippen LogP contribution in [0.25, 0.3) is 0 Å². The Labute approximate surface area is 214 Å². The summed E-state index contributed by atoms with van der Waals surface area (Å²) in [6.45, 7) is 2.28. The fraction of sp³-hybridized carbons (Fsp3) is 0.227. The topological polar surface area (TPSA) is 130 Å². The number of nitrogens with two attached hydrogens (primary N) is 1. The molecule has 13 heteroatoms. The number of alkyl halides is 3. The van der Waals surface area contributed by atoms with Gasteiger partial charge in [-0.3, -0.25) is 4.79 Å². The molecule has 0 bridgehead atoms. The van der Waals surface area contributed by atoms with Crippen molar-refractivity contribution < 1.29 is 22.0 Å². The number of primary sulfonamides is 1. The molecule has 0 unspecified atom stereocenters. The molecule has 0 saturated carbocycles. The first-order valence-corrected chi connectivity index (χ1v) is 13.0. The van der Waals surface area contributed by atoms with Crippen LogP contribution in [0.2, 0.25) is 0 Å². The third-order valence-corrected chi connectivity index (χ3v) is 6.84. The van der Waals surface area contributed by atoms with Crippen molar-refractivity contribution >= 4 is 61.7 Å². The van der Waals surface area contributed by atoms with Gasteiger partial charge in [0.15, 0.2) is 0 Å². The minimum absolute atomic E-state index is 0.0284. The zero-order chi connectivity index (χ0) is 25.4. The molecule has 3 aromatic rings. The lowest BCUT2D eigenvalue weighted by atomic mass is 10.1. The van der Waals surface area contributed by atoms with Gasteiger partial charge in [0.2, 0.25) is 21.9 Å². The van der Waals surface area contributed by atoms with Crippen LogP contribution in [0.3, 0.4) is 0 Å². The Hall–Kier alpha value is -2.91. The first kappa shape index (κ1) is 25.2. The van der Waals surface area contributed by atoms with Crippen molar-refractivity contribution in [1.82, 2.24) is 9.97 Å². The fourth-order valence-corrected chi connectivity index (χ4v) is 4.43. The van der Waals surface area contributed by atoms with Gasteiger partial charge < -0.3 is 15.5 Å². The third kappa shape index (κ3) is 6.02. The van der Waals surface area contributed by atoms with Crippen molar-refractivity contribution in [2.45, 2.75) is 28.7 Å². The number of anilines is 4. The molecule has 1 aliphatic rings. The lowest BCUT2D eigenvalue weighted by Crippen LogP contribution is -2.25. The second kappa shape index (κ2) is 9.62. The zero-order valence-corrected chi connectivity index (χ0v) is 21.4. The van der Waals surface area contributed by atoms with Gasteiger partial charge in [0, 0.05) is 60.0 Å². The number of hydrogen-bond acceptors (Lipinski definition) is 7. The molecule has 0 spiro atoms. The Morgan fingerprint density at radius 2 is 1.89 bits per heavy atom. The molecule has 184 valence electrons. The number of amides is 1. The first-order chi connectivity index (χ1) is 16.4. The molecule has 0 atom stereocenters. The van der Waals surface area contributed by atoms with E-state index in [1.54, 1.807) is 29.2 Å². The summed E-state index contributed by atoms with van der Waals surface area (Å²) in [7, 11) is -3.81. The Morgan fingerprint density at radius 1 is 1.17 bits per heavy atom. The lowest BCUT2D eigenvalue weighted by molar-refractivity contribution is -0.116. The number of carbonyl (C=O) groups is 1. The fourth-order valence-electron chi connectivity index (χ4n) is 3.64. The number of sulfonamides is 1. The zero-order valence-electron chi connectivity index (χ0n) is 18.4. The van der Waals surface area contributed by atoms with Crippen LogP contribution in [0.15, 0.2) is 53.4 Å². The smallest absolute Gasteiger partial charge is 0.338 e. The highest BCUT2D eigenvalue weighted by molar-refractivity contribution is 14.1. The van der Waals surface area contributed by atoms with Crippen LogP contribution in [-0.4, -0.2) is 30.8 Å². The number of carbonyl (C=O) groups excluding carboxylic acids is 1. The van der Waals surface area contributed by atoms with Crippen molar-refractivity contribution in [3.05, 3.63) is 65.4 Å². The summed E-state index contributed by atoms with van der Waals surface area (Å²) in [4.78, 5) is 21.8. The number of nitrogens with zero attached hydrogens (tertiary/aromatic N) is 3. The number of rotatable bonds is 7. The van der Waals surface area contributed by atoms with Crippen molar-refractivity contribution in [3.63, 3.8) is 0 Å². The number of hydrogen-bond donors (Lipinski definition) is 3. The summed E-state index contributed by atoms with van der Waals surface area (Å²) < 4.78 is 47.8. The molecule has 4 rings (SSSR count). The molecule has 4 N–H and O–H groups in total. The van der Waals surface area contributed by atoms with E-state index in [-0.39, 0.29) is 29.1 Å². The van der Waals surface area contributed by atoms with Crippen LogP contribution >= 0.6 is 22.6 Å². The van der Waals surface area contributed by atoms with Gasteiger partial charge in [0.05, 0.1) is 4.90 Å². The molecular weight excluding hydrogens is 593 g/mol. The van der Waals surface area contributed by atoms with Crippen molar-refractivity contribution in [3.8, 4) is 0 Å². The highest BCUT2D eigenvalue weighted by Gasteiger charge is 2.30. The summed E-state index contributed by atoms with van der Waals surface area (Å²) in [5.41, 5.74) is 2.54. The maximum absolute atomic E-state index is 14.1. The number of fused-ring (bicyclic) bond motifs is 1. The summed E-state index contributed by atoms with van der Waals surface area (Å²) in [6, 6.07) is 12.4. The van der Waals surface area contributed by atoms with Gasteiger partial charge in [0.1, 0.15) is 11.5 Å². The van der Waals surface area contributed by atoms with E-state index in [9.17, 15) is 22.0 Å². The lowest BCUT2D eigenvalue weighted by Gasteiger charge is -2.17. The van der Waals surface area contributed by atoms with Crippen LogP contribution in [0.4, 0.5) is 31.9 Å². The van der Waals surface area contributed by atoms with Gasteiger partial charge in [-0.15, -0.1) is 0 Å². The summed E-state index contributed by atoms with van der Waals surface area (Å²) in [5.74, 6) is 0.0291. The van der Waals surface area contributed by atoms with Crippen LogP contribution in [0.5, 0.6) is 0 Å². The Balaban J connectivity index is 1.57. The minimum atomic E-state index is -3.81. The molecule has 0 radical (unpaired) electrons.